The number of nitrogens with one attached hydrogen (secondary N) is 1. The van der Waals surface area contributed by atoms with Crippen LogP contribution in [0.3, 0.4) is 0 Å². The van der Waals surface area contributed by atoms with E-state index in [1.54, 1.807) is 60.0 Å². The fourth-order valence-corrected chi connectivity index (χ4v) is 4.22. The molecule has 0 aliphatic rings. The standard InChI is InChI=1S/C25H15N3O5S/c29-23(27-25-26-21(14-34-25)16-7-4-9-19(12-16)28(31)32)18-8-3-6-15(11-18)20-13-17-5-1-2-10-22(17)33-24(20)30/h1-14H,(H,26,27,29). The van der Waals surface area contributed by atoms with Crippen molar-refractivity contribution in [2.24, 2.45) is 0 Å². The highest BCUT2D eigenvalue weighted by Crippen LogP contribution is 2.28. The maximum atomic E-state index is 12.8. The number of hydrogen-bond donors (Lipinski definition) is 1. The third kappa shape index (κ3) is 4.19. The number of carbonyl (C=O) groups is 1. The highest BCUT2D eigenvalue weighted by atomic mass is 32.1. The number of non-ortho nitro benzene ring substituents is 1. The molecule has 1 amide bonds. The van der Waals surface area contributed by atoms with Gasteiger partial charge in [-0.15, -0.1) is 11.3 Å². The smallest absolute Gasteiger partial charge is 0.344 e. The molecule has 2 heterocycles. The number of carbonyl (C=O) groups excluding carboxylic acids is 1. The Bertz CT molecular complexity index is 1620. The van der Waals surface area contributed by atoms with Gasteiger partial charge in [0.15, 0.2) is 5.13 Å². The molecule has 34 heavy (non-hydrogen) atoms. The molecule has 0 bridgehead atoms. The number of amides is 1. The van der Waals surface area contributed by atoms with Gasteiger partial charge >= 0.3 is 5.63 Å². The molecule has 166 valence electrons. The Morgan fingerprint density at radius 1 is 0.971 bits per heavy atom. The summed E-state index contributed by atoms with van der Waals surface area (Å²) in [6, 6.07) is 21.8. The van der Waals surface area contributed by atoms with Gasteiger partial charge in [0.2, 0.25) is 0 Å². The maximum Gasteiger partial charge on any atom is 0.344 e. The third-order valence-electron chi connectivity index (χ3n) is 5.15. The number of fused-ring (bicyclic) bond motifs is 1. The minimum Gasteiger partial charge on any atom is -0.422 e. The lowest BCUT2D eigenvalue weighted by atomic mass is 10.0. The SMILES string of the molecule is O=C(Nc1nc(-c2cccc([N+](=O)[O-])c2)cs1)c1cccc(-c2cc3ccccc3oc2=O)c1. The summed E-state index contributed by atoms with van der Waals surface area (Å²) in [5.41, 5.74) is 2.33. The largest absolute Gasteiger partial charge is 0.422 e. The van der Waals surface area contributed by atoms with Crippen LogP contribution in [0.15, 0.2) is 93.5 Å². The molecule has 2 aromatic heterocycles. The Morgan fingerprint density at radius 2 is 1.76 bits per heavy atom. The molecule has 0 unspecified atom stereocenters. The summed E-state index contributed by atoms with van der Waals surface area (Å²) in [5.74, 6) is -0.396. The number of rotatable bonds is 5. The first-order chi connectivity index (χ1) is 16.5. The van der Waals surface area contributed by atoms with Crippen molar-refractivity contribution >= 4 is 39.0 Å². The fourth-order valence-electron chi connectivity index (χ4n) is 3.50. The molecule has 8 nitrogen and oxygen atoms in total. The van der Waals surface area contributed by atoms with Crippen molar-refractivity contribution in [1.82, 2.24) is 4.98 Å². The second-order valence-corrected chi connectivity index (χ2v) is 8.22. The first-order valence-electron chi connectivity index (χ1n) is 10.1. The summed E-state index contributed by atoms with van der Waals surface area (Å²) >= 11 is 1.21. The van der Waals surface area contributed by atoms with Gasteiger partial charge in [0.25, 0.3) is 11.6 Å². The van der Waals surface area contributed by atoms with Gasteiger partial charge < -0.3 is 4.42 Å². The number of aromatic nitrogens is 1. The van der Waals surface area contributed by atoms with Gasteiger partial charge in [-0.25, -0.2) is 9.78 Å². The summed E-state index contributed by atoms with van der Waals surface area (Å²) in [6.45, 7) is 0. The van der Waals surface area contributed by atoms with Gasteiger partial charge in [-0.2, -0.15) is 0 Å². The molecule has 0 fully saturated rings. The van der Waals surface area contributed by atoms with E-state index in [4.69, 9.17) is 4.42 Å². The molecule has 5 aromatic rings. The highest BCUT2D eigenvalue weighted by Gasteiger charge is 2.14. The van der Waals surface area contributed by atoms with Crippen LogP contribution in [0.5, 0.6) is 0 Å². The first kappa shape index (κ1) is 21.2. The molecule has 1 N–H and O–H groups in total. The van der Waals surface area contributed by atoms with Crippen molar-refractivity contribution in [3.63, 3.8) is 0 Å². The average Bonchev–Trinajstić information content (AvgIpc) is 3.32. The second-order valence-electron chi connectivity index (χ2n) is 7.37. The van der Waals surface area contributed by atoms with E-state index in [-0.39, 0.29) is 5.69 Å². The normalized spacial score (nSPS) is 10.8. The predicted octanol–water partition coefficient (Wildman–Crippen LogP) is 5.74. The summed E-state index contributed by atoms with van der Waals surface area (Å²) in [6.07, 6.45) is 0. The molecule has 0 radical (unpaired) electrons. The van der Waals surface area contributed by atoms with Crippen molar-refractivity contribution in [2.75, 3.05) is 5.32 Å². The Balaban J connectivity index is 1.39. The van der Waals surface area contributed by atoms with E-state index in [2.05, 4.69) is 10.3 Å². The number of nitro benzene ring substituents is 1. The van der Waals surface area contributed by atoms with Gasteiger partial charge in [-0.05, 0) is 29.8 Å². The van der Waals surface area contributed by atoms with Crippen molar-refractivity contribution < 1.29 is 14.1 Å². The monoisotopic (exact) mass is 469 g/mol. The zero-order valence-electron chi connectivity index (χ0n) is 17.4. The van der Waals surface area contributed by atoms with E-state index in [9.17, 15) is 19.7 Å². The van der Waals surface area contributed by atoms with E-state index in [1.165, 1.54) is 23.5 Å². The molecule has 0 spiro atoms. The van der Waals surface area contributed by atoms with Crippen molar-refractivity contribution in [1.29, 1.82) is 0 Å². The second kappa shape index (κ2) is 8.72. The van der Waals surface area contributed by atoms with E-state index in [1.807, 2.05) is 12.1 Å². The number of hydrogen-bond acceptors (Lipinski definition) is 7. The van der Waals surface area contributed by atoms with Crippen LogP contribution in [-0.2, 0) is 0 Å². The lowest BCUT2D eigenvalue weighted by molar-refractivity contribution is -0.384. The van der Waals surface area contributed by atoms with Crippen LogP contribution in [0.4, 0.5) is 10.8 Å². The first-order valence-corrected chi connectivity index (χ1v) is 11.0. The quantitative estimate of drug-likeness (QED) is 0.199. The van der Waals surface area contributed by atoms with Gasteiger partial charge in [0, 0.05) is 34.0 Å². The van der Waals surface area contributed by atoms with Crippen LogP contribution in [0, 0.1) is 10.1 Å². The number of nitro groups is 1. The molecule has 0 saturated carbocycles. The zero-order valence-corrected chi connectivity index (χ0v) is 18.2. The highest BCUT2D eigenvalue weighted by molar-refractivity contribution is 7.14. The fraction of sp³-hybridized carbons (Fsp3) is 0. The molecule has 0 saturated heterocycles. The van der Waals surface area contributed by atoms with E-state index >= 15 is 0 Å². The lowest BCUT2D eigenvalue weighted by Gasteiger charge is -2.06. The Kier molecular flexibility index (Phi) is 5.44. The van der Waals surface area contributed by atoms with Crippen LogP contribution in [0.2, 0.25) is 0 Å². The third-order valence-corrected chi connectivity index (χ3v) is 5.91. The molecule has 9 heteroatoms. The Hall–Kier alpha value is -4.63. The number of nitrogens with zero attached hydrogens (tertiary/aromatic N) is 2. The van der Waals surface area contributed by atoms with E-state index in [0.717, 1.165) is 5.39 Å². The van der Waals surface area contributed by atoms with Gasteiger partial charge in [-0.3, -0.25) is 20.2 Å². The number of para-hydroxylation sites is 1. The Morgan fingerprint density at radius 3 is 2.62 bits per heavy atom. The number of anilines is 1. The minimum absolute atomic E-state index is 0.0360. The van der Waals surface area contributed by atoms with Crippen molar-refractivity contribution in [2.45, 2.75) is 0 Å². The summed E-state index contributed by atoms with van der Waals surface area (Å²) in [4.78, 5) is 40.3. The van der Waals surface area contributed by atoms with Gasteiger partial charge in [0.1, 0.15) is 5.58 Å². The van der Waals surface area contributed by atoms with E-state index < -0.39 is 16.5 Å². The van der Waals surface area contributed by atoms with Gasteiger partial charge in [-0.1, -0.05) is 42.5 Å². The van der Waals surface area contributed by atoms with Gasteiger partial charge in [0.05, 0.1) is 16.2 Å². The molecule has 0 aliphatic carbocycles. The lowest BCUT2D eigenvalue weighted by Crippen LogP contribution is -2.12. The molecular weight excluding hydrogens is 454 g/mol. The molecule has 0 atom stereocenters. The summed E-state index contributed by atoms with van der Waals surface area (Å²) in [5, 5.41) is 16.6. The Labute approximate surface area is 196 Å². The number of thiazole rings is 1. The number of benzene rings is 3. The topological polar surface area (TPSA) is 115 Å². The molecule has 5 rings (SSSR count). The van der Waals surface area contributed by atoms with Crippen LogP contribution >= 0.6 is 11.3 Å². The molecule has 0 aliphatic heterocycles. The van der Waals surface area contributed by atoms with Crippen LogP contribution in [0.1, 0.15) is 10.4 Å². The zero-order chi connectivity index (χ0) is 23.7. The predicted molar refractivity (Wildman–Crippen MR) is 130 cm³/mol. The van der Waals surface area contributed by atoms with Crippen LogP contribution in [-0.4, -0.2) is 15.8 Å². The van der Waals surface area contributed by atoms with Crippen LogP contribution < -0.4 is 10.9 Å². The molecule has 3 aromatic carbocycles. The van der Waals surface area contributed by atoms with E-state index in [0.29, 0.717) is 38.7 Å². The summed E-state index contributed by atoms with van der Waals surface area (Å²) < 4.78 is 5.40. The average molecular weight is 469 g/mol. The maximum absolute atomic E-state index is 12.8. The molecular formula is C25H15N3O5S. The van der Waals surface area contributed by atoms with Crippen molar-refractivity contribution in [3.05, 3.63) is 110 Å². The van der Waals surface area contributed by atoms with Crippen molar-refractivity contribution in [3.8, 4) is 22.4 Å². The minimum atomic E-state index is -0.488. The summed E-state index contributed by atoms with van der Waals surface area (Å²) in [7, 11) is 0. The van der Waals surface area contributed by atoms with Crippen LogP contribution in [0.25, 0.3) is 33.4 Å².